The van der Waals surface area contributed by atoms with E-state index in [-0.39, 0.29) is 11.4 Å². The second-order valence-corrected chi connectivity index (χ2v) is 3.93. The summed E-state index contributed by atoms with van der Waals surface area (Å²) in [6, 6.07) is 7.40. The van der Waals surface area contributed by atoms with E-state index < -0.39 is 6.36 Å². The number of hydrogen-bond donors (Lipinski definition) is 1. The molecule has 1 aromatic heterocycles. The normalized spacial score (nSPS) is 11.4. The number of benzene rings is 1. The van der Waals surface area contributed by atoms with Gasteiger partial charge in [0.05, 0.1) is 0 Å². The lowest BCUT2D eigenvalue weighted by molar-refractivity contribution is -0.274. The Kier molecular flexibility index (Phi) is 3.33. The van der Waals surface area contributed by atoms with Gasteiger partial charge in [-0.3, -0.25) is 4.98 Å². The number of aryl methyl sites for hydroxylation is 1. The minimum absolute atomic E-state index is 0.206. The monoisotopic (exact) mass is 268 g/mol. The number of hydrogen-bond acceptors (Lipinski definition) is 3. The fraction of sp³-hybridized carbons (Fsp3) is 0.154. The average molecular weight is 268 g/mol. The zero-order valence-electron chi connectivity index (χ0n) is 10.0. The number of halogens is 3. The molecule has 0 saturated heterocycles. The summed E-state index contributed by atoms with van der Waals surface area (Å²) < 4.78 is 40.1. The number of nitrogen functional groups attached to an aromatic ring is 1. The summed E-state index contributed by atoms with van der Waals surface area (Å²) >= 11 is 0. The summed E-state index contributed by atoms with van der Waals surface area (Å²) in [5.74, 6) is -0.338. The van der Waals surface area contributed by atoms with E-state index in [2.05, 4.69) is 9.72 Å². The molecule has 0 saturated carbocycles. The fourth-order valence-electron chi connectivity index (χ4n) is 1.75. The second kappa shape index (κ2) is 4.79. The molecule has 2 aromatic rings. The van der Waals surface area contributed by atoms with E-state index in [9.17, 15) is 13.2 Å². The molecular weight excluding hydrogens is 257 g/mol. The highest BCUT2D eigenvalue weighted by Gasteiger charge is 2.31. The summed E-state index contributed by atoms with van der Waals surface area (Å²) in [5.41, 5.74) is 8.12. The molecule has 0 unspecified atom stereocenters. The Morgan fingerprint density at radius 3 is 2.47 bits per heavy atom. The minimum atomic E-state index is -4.72. The van der Waals surface area contributed by atoms with Gasteiger partial charge in [0.2, 0.25) is 0 Å². The number of aromatic nitrogens is 1. The Labute approximate surface area is 107 Å². The molecule has 0 fully saturated rings. The van der Waals surface area contributed by atoms with Crippen molar-refractivity contribution < 1.29 is 17.9 Å². The van der Waals surface area contributed by atoms with Crippen LogP contribution in [-0.2, 0) is 0 Å². The maximum Gasteiger partial charge on any atom is 0.573 e. The van der Waals surface area contributed by atoms with E-state index in [1.807, 2.05) is 0 Å². The second-order valence-electron chi connectivity index (χ2n) is 3.93. The van der Waals surface area contributed by atoms with Crippen molar-refractivity contribution in [3.8, 4) is 16.9 Å². The van der Waals surface area contributed by atoms with E-state index in [4.69, 9.17) is 5.73 Å². The fourth-order valence-corrected chi connectivity index (χ4v) is 1.75. The molecule has 0 atom stereocenters. The maximum atomic E-state index is 12.1. The lowest BCUT2D eigenvalue weighted by Crippen LogP contribution is -2.17. The molecule has 19 heavy (non-hydrogen) atoms. The molecule has 6 heteroatoms. The van der Waals surface area contributed by atoms with Crippen LogP contribution in [0.25, 0.3) is 11.1 Å². The quantitative estimate of drug-likeness (QED) is 0.847. The largest absolute Gasteiger partial charge is 0.573 e. The number of ether oxygens (including phenoxy) is 1. The van der Waals surface area contributed by atoms with Crippen LogP contribution in [0.1, 0.15) is 5.69 Å². The average Bonchev–Trinajstić information content (AvgIpc) is 2.28. The molecule has 0 spiro atoms. The molecule has 0 amide bonds. The third-order valence-electron chi connectivity index (χ3n) is 2.55. The van der Waals surface area contributed by atoms with Crippen LogP contribution in [0.15, 0.2) is 36.5 Å². The first-order valence-corrected chi connectivity index (χ1v) is 5.44. The number of anilines is 1. The number of nitrogens with two attached hydrogens (primary N) is 1. The molecule has 1 heterocycles. The Balaban J connectivity index is 2.38. The highest BCUT2D eigenvalue weighted by atomic mass is 19.4. The Morgan fingerprint density at radius 1 is 1.16 bits per heavy atom. The van der Waals surface area contributed by atoms with Gasteiger partial charge in [0.15, 0.2) is 0 Å². The molecule has 2 N–H and O–H groups in total. The lowest BCUT2D eigenvalue weighted by atomic mass is 10.0. The van der Waals surface area contributed by atoms with Gasteiger partial charge in [-0.1, -0.05) is 6.07 Å². The van der Waals surface area contributed by atoms with Gasteiger partial charge >= 0.3 is 6.36 Å². The third-order valence-corrected chi connectivity index (χ3v) is 2.55. The molecule has 0 aliphatic carbocycles. The van der Waals surface area contributed by atoms with Crippen LogP contribution in [-0.4, -0.2) is 11.3 Å². The molecule has 0 aliphatic rings. The highest BCUT2D eigenvalue weighted by Crippen LogP contribution is 2.32. The summed E-state index contributed by atoms with van der Waals surface area (Å²) in [7, 11) is 0. The summed E-state index contributed by atoms with van der Waals surface area (Å²) in [6.45, 7) is 1.80. The van der Waals surface area contributed by atoms with E-state index in [0.717, 1.165) is 17.3 Å². The van der Waals surface area contributed by atoms with Gasteiger partial charge in [-0.15, -0.1) is 13.2 Å². The lowest BCUT2D eigenvalue weighted by Gasteiger charge is -2.12. The van der Waals surface area contributed by atoms with E-state index in [1.54, 1.807) is 25.3 Å². The van der Waals surface area contributed by atoms with Crippen molar-refractivity contribution in [2.45, 2.75) is 13.3 Å². The van der Waals surface area contributed by atoms with Crippen molar-refractivity contribution in [1.29, 1.82) is 0 Å². The minimum Gasteiger partial charge on any atom is -0.406 e. The molecular formula is C13H11F3N2O. The van der Waals surface area contributed by atoms with Crippen molar-refractivity contribution in [2.75, 3.05) is 5.73 Å². The zero-order chi connectivity index (χ0) is 14.0. The molecule has 2 rings (SSSR count). The summed E-state index contributed by atoms with van der Waals surface area (Å²) in [5, 5.41) is 0. The molecule has 0 aliphatic heterocycles. The zero-order valence-corrected chi connectivity index (χ0v) is 10.0. The van der Waals surface area contributed by atoms with Gasteiger partial charge in [0.1, 0.15) is 5.75 Å². The van der Waals surface area contributed by atoms with Crippen molar-refractivity contribution in [1.82, 2.24) is 4.98 Å². The van der Waals surface area contributed by atoms with E-state index in [0.29, 0.717) is 5.56 Å². The highest BCUT2D eigenvalue weighted by molar-refractivity contribution is 5.78. The smallest absolute Gasteiger partial charge is 0.406 e. The summed E-state index contributed by atoms with van der Waals surface area (Å²) in [4.78, 5) is 4.11. The van der Waals surface area contributed by atoms with Gasteiger partial charge in [-0.25, -0.2) is 0 Å². The van der Waals surface area contributed by atoms with Crippen molar-refractivity contribution in [3.05, 3.63) is 42.2 Å². The molecule has 1 aromatic carbocycles. The third kappa shape index (κ3) is 3.15. The maximum absolute atomic E-state index is 12.1. The SMILES string of the molecule is Cc1ncccc1-c1ccc(OC(F)(F)F)cc1N. The number of pyridine rings is 1. The first-order valence-electron chi connectivity index (χ1n) is 5.44. The first kappa shape index (κ1) is 13.2. The van der Waals surface area contributed by atoms with Gasteiger partial charge in [0.25, 0.3) is 0 Å². The predicted octanol–water partition coefficient (Wildman–Crippen LogP) is 3.54. The molecule has 0 radical (unpaired) electrons. The van der Waals surface area contributed by atoms with Crippen molar-refractivity contribution >= 4 is 5.69 Å². The van der Waals surface area contributed by atoms with E-state index in [1.165, 1.54) is 12.1 Å². The van der Waals surface area contributed by atoms with Crippen LogP contribution in [0, 0.1) is 6.92 Å². The molecule has 3 nitrogen and oxygen atoms in total. The van der Waals surface area contributed by atoms with Crippen LogP contribution in [0.5, 0.6) is 5.75 Å². The Bertz CT molecular complexity index is 597. The predicted molar refractivity (Wildman–Crippen MR) is 65.5 cm³/mol. The van der Waals surface area contributed by atoms with Crippen molar-refractivity contribution in [2.24, 2.45) is 0 Å². The van der Waals surface area contributed by atoms with Gasteiger partial charge < -0.3 is 10.5 Å². The van der Waals surface area contributed by atoms with Crippen LogP contribution in [0.2, 0.25) is 0 Å². The Morgan fingerprint density at radius 2 is 1.89 bits per heavy atom. The number of rotatable bonds is 2. The Hall–Kier alpha value is -2.24. The van der Waals surface area contributed by atoms with Crippen molar-refractivity contribution in [3.63, 3.8) is 0 Å². The van der Waals surface area contributed by atoms with Crippen LogP contribution in [0.4, 0.5) is 18.9 Å². The molecule has 100 valence electrons. The molecule has 0 bridgehead atoms. The van der Waals surface area contributed by atoms with E-state index >= 15 is 0 Å². The standard InChI is InChI=1S/C13H11F3N2O/c1-8-10(3-2-6-18-8)11-5-4-9(7-12(11)17)19-13(14,15)16/h2-7H,17H2,1H3. The van der Waals surface area contributed by atoms with Crippen LogP contribution < -0.4 is 10.5 Å². The van der Waals surface area contributed by atoms with Gasteiger partial charge in [-0.2, -0.15) is 0 Å². The van der Waals surface area contributed by atoms with Gasteiger partial charge in [-0.05, 0) is 25.1 Å². The van der Waals surface area contributed by atoms with Gasteiger partial charge in [0, 0.05) is 34.8 Å². The van der Waals surface area contributed by atoms with Crippen LogP contribution >= 0.6 is 0 Å². The topological polar surface area (TPSA) is 48.1 Å². The summed E-state index contributed by atoms with van der Waals surface area (Å²) in [6.07, 6.45) is -3.09. The first-order chi connectivity index (χ1) is 8.87. The van der Waals surface area contributed by atoms with Crippen LogP contribution in [0.3, 0.4) is 0 Å². The number of nitrogens with zero attached hydrogens (tertiary/aromatic N) is 1. The number of alkyl halides is 3.